The van der Waals surface area contributed by atoms with Crippen molar-refractivity contribution < 1.29 is 14.5 Å². The van der Waals surface area contributed by atoms with Gasteiger partial charge in [-0.1, -0.05) is 29.8 Å². The molecule has 1 heterocycles. The number of amides is 2. The molecule has 0 radical (unpaired) electrons. The zero-order valence-electron chi connectivity index (χ0n) is 14.8. The van der Waals surface area contributed by atoms with Gasteiger partial charge in [-0.2, -0.15) is 0 Å². The minimum Gasteiger partial charge on any atom is -0.346 e. The van der Waals surface area contributed by atoms with Crippen molar-refractivity contribution in [2.45, 2.75) is 25.4 Å². The predicted molar refractivity (Wildman–Crippen MR) is 101 cm³/mol. The van der Waals surface area contributed by atoms with Crippen LogP contribution >= 0.6 is 11.6 Å². The third kappa shape index (κ3) is 3.78. The molecule has 1 aliphatic rings. The lowest BCUT2D eigenvalue weighted by molar-refractivity contribution is -0.385. The Labute approximate surface area is 161 Å². The summed E-state index contributed by atoms with van der Waals surface area (Å²) in [6.07, 6.45) is 0.156. The fourth-order valence-corrected chi connectivity index (χ4v) is 3.44. The van der Waals surface area contributed by atoms with Crippen LogP contribution in [0.2, 0.25) is 5.02 Å². The lowest BCUT2D eigenvalue weighted by Gasteiger charge is -2.26. The van der Waals surface area contributed by atoms with E-state index in [2.05, 4.69) is 5.32 Å². The lowest BCUT2D eigenvalue weighted by Crippen LogP contribution is -2.39. The molecule has 2 amide bonds. The number of aryl methyl sites for hydroxylation is 1. The highest BCUT2D eigenvalue weighted by Crippen LogP contribution is 2.33. The van der Waals surface area contributed by atoms with Crippen LogP contribution in [0.25, 0.3) is 0 Å². The third-order valence-electron chi connectivity index (χ3n) is 4.78. The van der Waals surface area contributed by atoms with Crippen molar-refractivity contribution in [1.82, 2.24) is 10.2 Å². The number of halogens is 1. The summed E-state index contributed by atoms with van der Waals surface area (Å²) in [5.41, 5.74) is 1.40. The van der Waals surface area contributed by atoms with Crippen LogP contribution in [0.5, 0.6) is 0 Å². The van der Waals surface area contributed by atoms with Crippen molar-refractivity contribution in [2.24, 2.45) is 0 Å². The van der Waals surface area contributed by atoms with Gasteiger partial charge in [-0.15, -0.1) is 0 Å². The van der Waals surface area contributed by atoms with E-state index in [9.17, 15) is 19.7 Å². The molecule has 1 aliphatic heterocycles. The molecule has 8 heteroatoms. The lowest BCUT2D eigenvalue weighted by atomic mass is 9.99. The molecule has 0 aliphatic carbocycles. The van der Waals surface area contributed by atoms with Gasteiger partial charge in [0.05, 0.1) is 17.0 Å². The van der Waals surface area contributed by atoms with Crippen molar-refractivity contribution >= 4 is 29.1 Å². The molecule has 140 valence electrons. The zero-order valence-corrected chi connectivity index (χ0v) is 15.6. The van der Waals surface area contributed by atoms with E-state index in [-0.39, 0.29) is 29.6 Å². The van der Waals surface area contributed by atoms with Crippen LogP contribution in [0.15, 0.2) is 42.5 Å². The Morgan fingerprint density at radius 2 is 1.93 bits per heavy atom. The first-order valence-corrected chi connectivity index (χ1v) is 8.72. The number of nitro benzene ring substituents is 1. The molecular weight excluding hydrogens is 370 g/mol. The number of nitrogens with zero attached hydrogens (tertiary/aromatic N) is 2. The molecule has 7 nitrogen and oxygen atoms in total. The number of carbonyl (C=O) groups excluding carboxylic acids is 2. The number of nitrogens with one attached hydrogen (secondary N) is 1. The maximum atomic E-state index is 12.6. The molecule has 1 saturated heterocycles. The maximum absolute atomic E-state index is 12.6. The van der Waals surface area contributed by atoms with Gasteiger partial charge >= 0.3 is 0 Å². The van der Waals surface area contributed by atoms with E-state index in [0.717, 1.165) is 5.56 Å². The van der Waals surface area contributed by atoms with E-state index in [4.69, 9.17) is 11.6 Å². The van der Waals surface area contributed by atoms with Gasteiger partial charge in [0, 0.05) is 35.7 Å². The van der Waals surface area contributed by atoms with Gasteiger partial charge in [0.25, 0.3) is 11.6 Å². The number of likely N-dealkylation sites (N-methyl/N-ethyl adjacent to an activating group) is 1. The Hall–Kier alpha value is -2.93. The second-order valence-electron chi connectivity index (χ2n) is 6.54. The van der Waals surface area contributed by atoms with E-state index < -0.39 is 16.9 Å². The molecule has 2 aromatic carbocycles. The van der Waals surface area contributed by atoms with Crippen LogP contribution in [-0.2, 0) is 4.79 Å². The molecule has 0 saturated carbocycles. The summed E-state index contributed by atoms with van der Waals surface area (Å²) in [5.74, 6) is -0.541. The van der Waals surface area contributed by atoms with Crippen LogP contribution in [0, 0.1) is 17.0 Å². The van der Waals surface area contributed by atoms with Crippen molar-refractivity contribution in [3.8, 4) is 0 Å². The molecule has 0 spiro atoms. The second-order valence-corrected chi connectivity index (χ2v) is 6.98. The topological polar surface area (TPSA) is 92.6 Å². The molecule has 0 bridgehead atoms. The first-order chi connectivity index (χ1) is 12.8. The largest absolute Gasteiger partial charge is 0.346 e. The van der Waals surface area contributed by atoms with Crippen LogP contribution in [0.1, 0.15) is 33.9 Å². The van der Waals surface area contributed by atoms with E-state index in [1.807, 2.05) is 12.1 Å². The van der Waals surface area contributed by atoms with E-state index in [1.54, 1.807) is 31.0 Å². The molecule has 1 fully saturated rings. The predicted octanol–water partition coefficient (Wildman–Crippen LogP) is 3.26. The summed E-state index contributed by atoms with van der Waals surface area (Å²) >= 11 is 5.93. The van der Waals surface area contributed by atoms with Gasteiger partial charge in [0.1, 0.15) is 0 Å². The summed E-state index contributed by atoms with van der Waals surface area (Å²) in [6, 6.07) is 10.6. The molecule has 27 heavy (non-hydrogen) atoms. The molecule has 3 rings (SSSR count). The average molecular weight is 388 g/mol. The maximum Gasteiger partial charge on any atom is 0.273 e. The number of benzene rings is 2. The fraction of sp³-hybridized carbons (Fsp3) is 0.263. The van der Waals surface area contributed by atoms with E-state index in [0.29, 0.717) is 10.6 Å². The summed E-state index contributed by atoms with van der Waals surface area (Å²) in [6.45, 7) is 1.61. The fourth-order valence-electron chi connectivity index (χ4n) is 3.31. The van der Waals surface area contributed by atoms with Gasteiger partial charge in [-0.25, -0.2) is 0 Å². The summed E-state index contributed by atoms with van der Waals surface area (Å²) < 4.78 is 0. The zero-order chi connectivity index (χ0) is 19.7. The standard InChI is InChI=1S/C19H18ClN3O4/c1-11-3-4-13(9-16(11)23(26)27)19(25)21-15-10-17(24)22(2)18(15)12-5-7-14(20)8-6-12/h3-9,15,18H,10H2,1-2H3,(H,21,25)/t15-,18+/m1/s1. The van der Waals surface area contributed by atoms with Gasteiger partial charge < -0.3 is 10.2 Å². The van der Waals surface area contributed by atoms with Gasteiger partial charge in [0.15, 0.2) is 0 Å². The highest BCUT2D eigenvalue weighted by molar-refractivity contribution is 6.30. The van der Waals surface area contributed by atoms with E-state index >= 15 is 0 Å². The summed E-state index contributed by atoms with van der Waals surface area (Å²) in [5, 5.41) is 14.5. The van der Waals surface area contributed by atoms with Gasteiger partial charge in [-0.05, 0) is 30.7 Å². The third-order valence-corrected chi connectivity index (χ3v) is 5.03. The second kappa shape index (κ2) is 7.36. The van der Waals surface area contributed by atoms with Gasteiger partial charge in [-0.3, -0.25) is 19.7 Å². The van der Waals surface area contributed by atoms with Crippen LogP contribution < -0.4 is 5.32 Å². The number of hydrogen-bond acceptors (Lipinski definition) is 4. The smallest absolute Gasteiger partial charge is 0.273 e. The number of nitro groups is 1. The normalized spacial score (nSPS) is 19.2. The van der Waals surface area contributed by atoms with Crippen molar-refractivity contribution in [3.63, 3.8) is 0 Å². The molecule has 0 aromatic heterocycles. The molecule has 1 N–H and O–H groups in total. The highest BCUT2D eigenvalue weighted by Gasteiger charge is 2.39. The van der Waals surface area contributed by atoms with Crippen molar-refractivity contribution in [2.75, 3.05) is 7.05 Å². The number of rotatable bonds is 4. The molecule has 0 unspecified atom stereocenters. The summed E-state index contributed by atoms with van der Waals surface area (Å²) in [7, 11) is 1.69. The first kappa shape index (κ1) is 18.8. The van der Waals surface area contributed by atoms with Crippen LogP contribution in [0.3, 0.4) is 0 Å². The Balaban J connectivity index is 1.85. The first-order valence-electron chi connectivity index (χ1n) is 8.35. The Kier molecular flexibility index (Phi) is 5.14. The average Bonchev–Trinajstić information content (AvgIpc) is 2.89. The SMILES string of the molecule is Cc1ccc(C(=O)N[C@@H]2CC(=O)N(C)[C@H]2c2ccc(Cl)cc2)cc1[N+](=O)[O-]. The highest BCUT2D eigenvalue weighted by atomic mass is 35.5. The Morgan fingerprint density at radius 3 is 2.56 bits per heavy atom. The quantitative estimate of drug-likeness (QED) is 0.643. The number of hydrogen-bond donors (Lipinski definition) is 1. The van der Waals surface area contributed by atoms with Crippen LogP contribution in [0.4, 0.5) is 5.69 Å². The molecule has 2 atom stereocenters. The Bertz CT molecular complexity index is 914. The Morgan fingerprint density at radius 1 is 1.26 bits per heavy atom. The van der Waals surface area contributed by atoms with Crippen LogP contribution in [-0.4, -0.2) is 34.7 Å². The van der Waals surface area contributed by atoms with E-state index in [1.165, 1.54) is 18.2 Å². The molecular formula is C19H18ClN3O4. The minimum atomic E-state index is -0.518. The van der Waals surface area contributed by atoms with Crippen molar-refractivity contribution in [1.29, 1.82) is 0 Å². The molecule has 2 aromatic rings. The summed E-state index contributed by atoms with van der Waals surface area (Å²) in [4.78, 5) is 37.0. The van der Waals surface area contributed by atoms with Crippen molar-refractivity contribution in [3.05, 3.63) is 74.3 Å². The number of likely N-dealkylation sites (tertiary alicyclic amines) is 1. The monoisotopic (exact) mass is 387 g/mol. The number of carbonyl (C=O) groups is 2. The minimum absolute atomic E-state index is 0.0878. The van der Waals surface area contributed by atoms with Gasteiger partial charge in [0.2, 0.25) is 5.91 Å².